The monoisotopic (exact) mass is 355 g/mol. The number of aromatic nitrogens is 2. The molecule has 27 heavy (non-hydrogen) atoms. The number of benzene rings is 2. The van der Waals surface area contributed by atoms with Gasteiger partial charge in [0.15, 0.2) is 0 Å². The smallest absolute Gasteiger partial charge is 0.335 e. The molecule has 5 nitrogen and oxygen atoms in total. The molecule has 0 aliphatic carbocycles. The summed E-state index contributed by atoms with van der Waals surface area (Å²) in [5, 5.41) is 10.2. The molecule has 132 valence electrons. The molecule has 0 saturated carbocycles. The number of nitrogens with two attached hydrogens (primary N) is 1. The first-order valence-electron chi connectivity index (χ1n) is 8.40. The number of aromatic carboxylic acids is 1. The number of rotatable bonds is 3. The first kappa shape index (κ1) is 16.6. The van der Waals surface area contributed by atoms with Crippen molar-refractivity contribution in [2.24, 2.45) is 12.8 Å². The normalized spacial score (nSPS) is 10.6. The van der Waals surface area contributed by atoms with Gasteiger partial charge in [-0.2, -0.15) is 0 Å². The van der Waals surface area contributed by atoms with Crippen LogP contribution in [-0.4, -0.2) is 20.2 Å². The zero-order chi connectivity index (χ0) is 19.0. The van der Waals surface area contributed by atoms with Crippen molar-refractivity contribution in [3.63, 3.8) is 0 Å². The molecule has 2 aromatic carbocycles. The van der Waals surface area contributed by atoms with Crippen LogP contribution in [0.25, 0.3) is 27.7 Å². The van der Waals surface area contributed by atoms with Gasteiger partial charge in [0.1, 0.15) is 0 Å². The van der Waals surface area contributed by atoms with E-state index >= 15 is 0 Å². The first-order valence-corrected chi connectivity index (χ1v) is 8.40. The van der Waals surface area contributed by atoms with Gasteiger partial charge in [-0.3, -0.25) is 0 Å². The molecule has 2 heterocycles. The number of aryl methyl sites for hydroxylation is 1. The van der Waals surface area contributed by atoms with Crippen molar-refractivity contribution in [3.05, 3.63) is 78.2 Å². The van der Waals surface area contributed by atoms with Crippen molar-refractivity contribution in [2.75, 3.05) is 0 Å². The number of nitrogens with zero attached hydrogens (tertiary/aromatic N) is 2. The van der Waals surface area contributed by atoms with Crippen LogP contribution in [0.1, 0.15) is 15.9 Å². The second-order valence-electron chi connectivity index (χ2n) is 6.29. The molecule has 4 aromatic rings. The van der Waals surface area contributed by atoms with Gasteiger partial charge in [0.25, 0.3) is 0 Å². The molecule has 0 aliphatic heterocycles. The molecular formula is C22H17N3O2. The molecule has 0 aliphatic rings. The van der Waals surface area contributed by atoms with Crippen molar-refractivity contribution in [2.45, 2.75) is 0 Å². The van der Waals surface area contributed by atoms with Crippen LogP contribution in [0.15, 0.2) is 67.1 Å². The van der Waals surface area contributed by atoms with E-state index in [0.29, 0.717) is 0 Å². The lowest BCUT2D eigenvalue weighted by Crippen LogP contribution is -1.97. The van der Waals surface area contributed by atoms with Gasteiger partial charge in [0, 0.05) is 59.4 Å². The van der Waals surface area contributed by atoms with Gasteiger partial charge in [-0.15, -0.1) is 0 Å². The zero-order valence-electron chi connectivity index (χ0n) is 14.7. The molecule has 0 fully saturated rings. The molecule has 2 aromatic heterocycles. The quantitative estimate of drug-likeness (QED) is 0.436. The van der Waals surface area contributed by atoms with E-state index in [9.17, 15) is 4.79 Å². The molecule has 0 spiro atoms. The number of hydrogen-bond donors (Lipinski definition) is 2. The Morgan fingerprint density at radius 3 is 2.44 bits per heavy atom. The highest BCUT2D eigenvalue weighted by atomic mass is 16.4. The zero-order valence-corrected chi connectivity index (χ0v) is 14.7. The molecule has 0 radical (unpaired) electrons. The third kappa shape index (κ3) is 2.83. The van der Waals surface area contributed by atoms with E-state index in [1.165, 1.54) is 0 Å². The fourth-order valence-corrected chi connectivity index (χ4v) is 3.33. The number of carboxylic acid groups (broad SMARTS) is 1. The van der Waals surface area contributed by atoms with E-state index < -0.39 is 5.97 Å². The van der Waals surface area contributed by atoms with Crippen LogP contribution < -0.4 is 5.73 Å². The summed E-state index contributed by atoms with van der Waals surface area (Å²) in [7, 11) is 2.02. The summed E-state index contributed by atoms with van der Waals surface area (Å²) in [6.07, 6.45) is 5.99. The number of carboxylic acids is 1. The fourth-order valence-electron chi connectivity index (χ4n) is 3.33. The third-order valence-electron chi connectivity index (χ3n) is 4.63. The second-order valence-corrected chi connectivity index (χ2v) is 6.29. The highest BCUT2D eigenvalue weighted by Gasteiger charge is 2.14. The SMILES string of the molecule is Cn1cc(-c2cn(-c3ccc(C(=O)O)cc3)cc2C#CN)c2ccccc21. The van der Waals surface area contributed by atoms with Gasteiger partial charge < -0.3 is 20.0 Å². The van der Waals surface area contributed by atoms with Crippen molar-refractivity contribution >= 4 is 16.9 Å². The Kier molecular flexibility index (Phi) is 3.94. The summed E-state index contributed by atoms with van der Waals surface area (Å²) in [6, 6.07) is 17.4. The van der Waals surface area contributed by atoms with Crippen LogP contribution in [0, 0.1) is 12.0 Å². The average Bonchev–Trinajstić information content (AvgIpc) is 3.24. The summed E-state index contributed by atoms with van der Waals surface area (Å²) in [6.45, 7) is 0. The van der Waals surface area contributed by atoms with E-state index in [1.807, 2.05) is 36.1 Å². The minimum absolute atomic E-state index is 0.252. The Morgan fingerprint density at radius 2 is 1.74 bits per heavy atom. The average molecular weight is 355 g/mol. The maximum atomic E-state index is 11.1. The van der Waals surface area contributed by atoms with Crippen molar-refractivity contribution in [1.29, 1.82) is 0 Å². The predicted molar refractivity (Wildman–Crippen MR) is 106 cm³/mol. The lowest BCUT2D eigenvalue weighted by Gasteiger charge is -2.03. The molecular weight excluding hydrogens is 338 g/mol. The van der Waals surface area contributed by atoms with Crippen molar-refractivity contribution < 1.29 is 9.90 Å². The summed E-state index contributed by atoms with van der Waals surface area (Å²) in [5.74, 6) is 2.03. The minimum Gasteiger partial charge on any atom is -0.478 e. The van der Waals surface area contributed by atoms with Crippen LogP contribution >= 0.6 is 0 Å². The summed E-state index contributed by atoms with van der Waals surface area (Å²) >= 11 is 0. The second kappa shape index (κ2) is 6.43. The standard InChI is InChI=1S/C22H17N3O2/c1-24-13-20(18-4-2-3-5-21(18)24)19-14-25(12-16(19)10-11-23)17-8-6-15(7-9-17)22(26)27/h2-9,12-14H,23H2,1H3,(H,26,27). The number of fused-ring (bicyclic) bond motifs is 1. The summed E-state index contributed by atoms with van der Waals surface area (Å²) < 4.78 is 4.02. The molecule has 0 amide bonds. The molecule has 5 heteroatoms. The molecule has 4 rings (SSSR count). The van der Waals surface area contributed by atoms with E-state index in [1.54, 1.807) is 24.3 Å². The lowest BCUT2D eigenvalue weighted by molar-refractivity contribution is 0.0697. The Bertz CT molecular complexity index is 1220. The first-order chi connectivity index (χ1) is 13.1. The van der Waals surface area contributed by atoms with E-state index in [0.717, 1.165) is 33.3 Å². The highest BCUT2D eigenvalue weighted by Crippen LogP contribution is 2.33. The van der Waals surface area contributed by atoms with Gasteiger partial charge >= 0.3 is 5.97 Å². The van der Waals surface area contributed by atoms with Gasteiger partial charge in [-0.25, -0.2) is 4.79 Å². The van der Waals surface area contributed by atoms with E-state index in [-0.39, 0.29) is 5.56 Å². The highest BCUT2D eigenvalue weighted by molar-refractivity contribution is 5.97. The maximum absolute atomic E-state index is 11.1. The molecule has 3 N–H and O–H groups in total. The lowest BCUT2D eigenvalue weighted by atomic mass is 10.0. The number of hydrogen-bond acceptors (Lipinski definition) is 2. The number of carbonyl (C=O) groups is 1. The van der Waals surface area contributed by atoms with Gasteiger partial charge in [0.2, 0.25) is 0 Å². The van der Waals surface area contributed by atoms with Crippen LogP contribution in [-0.2, 0) is 7.05 Å². The van der Waals surface area contributed by atoms with Crippen molar-refractivity contribution in [1.82, 2.24) is 9.13 Å². The maximum Gasteiger partial charge on any atom is 0.335 e. The van der Waals surface area contributed by atoms with E-state index in [2.05, 4.69) is 34.9 Å². The van der Waals surface area contributed by atoms with Gasteiger partial charge in [0.05, 0.1) is 11.1 Å². The molecule has 0 unspecified atom stereocenters. The summed E-state index contributed by atoms with van der Waals surface area (Å²) in [4.78, 5) is 11.1. The van der Waals surface area contributed by atoms with Crippen LogP contribution in [0.5, 0.6) is 0 Å². The third-order valence-corrected chi connectivity index (χ3v) is 4.63. The number of para-hydroxylation sites is 1. The van der Waals surface area contributed by atoms with Gasteiger partial charge in [-0.1, -0.05) is 18.2 Å². The molecule has 0 bridgehead atoms. The van der Waals surface area contributed by atoms with Crippen molar-refractivity contribution in [3.8, 4) is 28.8 Å². The van der Waals surface area contributed by atoms with Crippen LogP contribution in [0.4, 0.5) is 0 Å². The van der Waals surface area contributed by atoms with Crippen LogP contribution in [0.3, 0.4) is 0 Å². The van der Waals surface area contributed by atoms with Crippen LogP contribution in [0.2, 0.25) is 0 Å². The Hall–Kier alpha value is -3.91. The molecule has 0 saturated heterocycles. The summed E-state index contributed by atoms with van der Waals surface area (Å²) in [5.41, 5.74) is 10.6. The Morgan fingerprint density at radius 1 is 1.00 bits per heavy atom. The fraction of sp³-hybridized carbons (Fsp3) is 0.0455. The predicted octanol–water partition coefficient (Wildman–Crippen LogP) is 3.60. The van der Waals surface area contributed by atoms with Gasteiger partial charge in [-0.05, 0) is 36.3 Å². The molecule has 0 atom stereocenters. The Labute approximate surface area is 156 Å². The largest absolute Gasteiger partial charge is 0.478 e. The topological polar surface area (TPSA) is 73.2 Å². The van der Waals surface area contributed by atoms with E-state index in [4.69, 9.17) is 10.8 Å². The minimum atomic E-state index is -0.944. The Balaban J connectivity index is 1.88.